The molecule has 0 aliphatic carbocycles. The Labute approximate surface area is 182 Å². The molecule has 3 rings (SSSR count). The predicted octanol–water partition coefficient (Wildman–Crippen LogP) is 5.12. The number of methoxy groups -OCH3 is 1. The predicted molar refractivity (Wildman–Crippen MR) is 116 cm³/mol. The summed E-state index contributed by atoms with van der Waals surface area (Å²) in [5, 5.41) is 14.0. The lowest BCUT2D eigenvalue weighted by molar-refractivity contribution is 0.0696. The summed E-state index contributed by atoms with van der Waals surface area (Å²) in [4.78, 5) is 14.8. The van der Waals surface area contributed by atoms with Crippen LogP contribution in [0.1, 0.15) is 21.5 Å². The lowest BCUT2D eigenvalue weighted by Crippen LogP contribution is -2.00. The number of nitrogens with zero attached hydrogens (tertiary/aromatic N) is 2. The van der Waals surface area contributed by atoms with Crippen LogP contribution in [0.25, 0.3) is 0 Å². The zero-order valence-electron chi connectivity index (χ0n) is 15.8. The van der Waals surface area contributed by atoms with Crippen LogP contribution in [0.2, 0.25) is 10.0 Å². The van der Waals surface area contributed by atoms with Gasteiger partial charge in [0.15, 0.2) is 11.5 Å². The van der Waals surface area contributed by atoms with Gasteiger partial charge >= 0.3 is 5.97 Å². The van der Waals surface area contributed by atoms with Crippen molar-refractivity contribution in [2.75, 3.05) is 12.5 Å². The summed E-state index contributed by atoms with van der Waals surface area (Å²) in [6.45, 7) is 0.196. The Morgan fingerprint density at radius 1 is 1.17 bits per heavy atom. The number of aromatic carboxylic acids is 1. The Morgan fingerprint density at radius 3 is 2.57 bits per heavy atom. The van der Waals surface area contributed by atoms with Crippen LogP contribution in [-0.4, -0.2) is 29.4 Å². The van der Waals surface area contributed by atoms with Crippen LogP contribution in [0.4, 0.5) is 5.82 Å². The average molecular weight is 446 g/mol. The number of hydrogen-bond acceptors (Lipinski definition) is 6. The van der Waals surface area contributed by atoms with Crippen LogP contribution in [0.15, 0.2) is 59.8 Å². The zero-order valence-corrected chi connectivity index (χ0v) is 17.3. The molecule has 3 aromatic rings. The van der Waals surface area contributed by atoms with Gasteiger partial charge in [-0.25, -0.2) is 9.78 Å². The molecule has 0 saturated heterocycles. The summed E-state index contributed by atoms with van der Waals surface area (Å²) in [6, 6.07) is 13.6. The van der Waals surface area contributed by atoms with E-state index in [0.717, 1.165) is 5.56 Å². The Bertz CT molecular complexity index is 1050. The second-order valence-corrected chi connectivity index (χ2v) is 6.82. The van der Waals surface area contributed by atoms with E-state index in [9.17, 15) is 4.79 Å². The monoisotopic (exact) mass is 445 g/mol. The number of aromatic nitrogens is 1. The van der Waals surface area contributed by atoms with Crippen molar-refractivity contribution in [3.63, 3.8) is 0 Å². The van der Waals surface area contributed by atoms with Crippen molar-refractivity contribution in [2.24, 2.45) is 5.10 Å². The summed E-state index contributed by atoms with van der Waals surface area (Å²) >= 11 is 12.3. The molecule has 30 heavy (non-hydrogen) atoms. The van der Waals surface area contributed by atoms with Crippen molar-refractivity contribution in [3.8, 4) is 11.5 Å². The second-order valence-electron chi connectivity index (χ2n) is 6.01. The SMILES string of the molecule is COc1cc(/C=N/Nc2ccc(C(=O)O)cn2)ccc1OCc1c(Cl)cccc1Cl. The van der Waals surface area contributed by atoms with Gasteiger partial charge in [0.25, 0.3) is 0 Å². The molecular formula is C21H17Cl2N3O4. The summed E-state index contributed by atoms with van der Waals surface area (Å²) in [5.41, 5.74) is 4.28. The smallest absolute Gasteiger partial charge is 0.337 e. The van der Waals surface area contributed by atoms with Crippen LogP contribution in [0.3, 0.4) is 0 Å². The molecule has 0 amide bonds. The molecule has 0 aliphatic rings. The van der Waals surface area contributed by atoms with E-state index in [-0.39, 0.29) is 12.2 Å². The van der Waals surface area contributed by atoms with Crippen LogP contribution in [0, 0.1) is 0 Å². The van der Waals surface area contributed by atoms with Gasteiger partial charge in [-0.05, 0) is 48.0 Å². The number of nitrogens with one attached hydrogen (secondary N) is 1. The fourth-order valence-corrected chi connectivity index (χ4v) is 2.97. The van der Waals surface area contributed by atoms with Crippen molar-refractivity contribution in [1.29, 1.82) is 0 Å². The lowest BCUT2D eigenvalue weighted by Gasteiger charge is -2.13. The van der Waals surface area contributed by atoms with E-state index < -0.39 is 5.97 Å². The van der Waals surface area contributed by atoms with Gasteiger partial charge in [0.05, 0.1) is 18.9 Å². The van der Waals surface area contributed by atoms with Gasteiger partial charge in [-0.2, -0.15) is 5.10 Å². The number of ether oxygens (including phenoxy) is 2. The number of anilines is 1. The van der Waals surface area contributed by atoms with Crippen LogP contribution >= 0.6 is 23.2 Å². The number of rotatable bonds is 8. The van der Waals surface area contributed by atoms with Gasteiger partial charge in [-0.1, -0.05) is 29.3 Å². The maximum atomic E-state index is 10.8. The number of hydrazone groups is 1. The van der Waals surface area contributed by atoms with Gasteiger partial charge in [-0.3, -0.25) is 5.43 Å². The van der Waals surface area contributed by atoms with E-state index in [1.807, 2.05) is 0 Å². The number of halogens is 2. The first-order chi connectivity index (χ1) is 14.5. The van der Waals surface area contributed by atoms with E-state index in [2.05, 4.69) is 15.5 Å². The molecule has 9 heteroatoms. The van der Waals surface area contributed by atoms with Gasteiger partial charge in [0.1, 0.15) is 12.4 Å². The van der Waals surface area contributed by atoms with Crippen molar-refractivity contribution in [1.82, 2.24) is 4.98 Å². The molecule has 0 unspecified atom stereocenters. The number of carboxylic acid groups (broad SMARTS) is 1. The topological polar surface area (TPSA) is 93.0 Å². The van der Waals surface area contributed by atoms with Crippen LogP contribution < -0.4 is 14.9 Å². The Hall–Kier alpha value is -3.29. The number of pyridine rings is 1. The van der Waals surface area contributed by atoms with Gasteiger partial charge in [-0.15, -0.1) is 0 Å². The molecule has 154 valence electrons. The van der Waals surface area contributed by atoms with E-state index >= 15 is 0 Å². The number of hydrogen-bond donors (Lipinski definition) is 2. The molecular weight excluding hydrogens is 429 g/mol. The largest absolute Gasteiger partial charge is 0.493 e. The second kappa shape index (κ2) is 9.96. The Kier molecular flexibility index (Phi) is 7.11. The molecule has 0 aliphatic heterocycles. The molecule has 0 radical (unpaired) electrons. The molecule has 2 aromatic carbocycles. The fraction of sp³-hybridized carbons (Fsp3) is 0.0952. The molecule has 0 fully saturated rings. The normalized spacial score (nSPS) is 10.8. The minimum Gasteiger partial charge on any atom is -0.493 e. The van der Waals surface area contributed by atoms with Crippen LogP contribution in [0.5, 0.6) is 11.5 Å². The molecule has 1 aromatic heterocycles. The molecule has 0 atom stereocenters. The highest BCUT2D eigenvalue weighted by Gasteiger charge is 2.10. The van der Waals surface area contributed by atoms with Crippen molar-refractivity contribution in [3.05, 3.63) is 81.5 Å². The minimum absolute atomic E-state index is 0.0999. The van der Waals surface area contributed by atoms with E-state index in [4.69, 9.17) is 37.8 Å². The molecule has 1 heterocycles. The van der Waals surface area contributed by atoms with Gasteiger partial charge in [0.2, 0.25) is 0 Å². The zero-order chi connectivity index (χ0) is 21.5. The molecule has 0 spiro atoms. The van der Waals surface area contributed by atoms with E-state index in [1.165, 1.54) is 25.4 Å². The summed E-state index contributed by atoms with van der Waals surface area (Å²) in [7, 11) is 1.54. The first-order valence-electron chi connectivity index (χ1n) is 8.70. The first kappa shape index (κ1) is 21.4. The summed E-state index contributed by atoms with van der Waals surface area (Å²) in [6.07, 6.45) is 2.82. The van der Waals surface area contributed by atoms with Crippen molar-refractivity contribution >= 4 is 41.2 Å². The maximum Gasteiger partial charge on any atom is 0.337 e. The van der Waals surface area contributed by atoms with Crippen molar-refractivity contribution < 1.29 is 19.4 Å². The summed E-state index contributed by atoms with van der Waals surface area (Å²) in [5.74, 6) is 0.430. The lowest BCUT2D eigenvalue weighted by atomic mass is 10.2. The third-order valence-corrected chi connectivity index (χ3v) is 4.73. The van der Waals surface area contributed by atoms with E-state index in [0.29, 0.717) is 32.9 Å². The van der Waals surface area contributed by atoms with E-state index in [1.54, 1.807) is 42.6 Å². The average Bonchev–Trinajstić information content (AvgIpc) is 2.74. The highest BCUT2D eigenvalue weighted by Crippen LogP contribution is 2.31. The molecule has 0 saturated carbocycles. The van der Waals surface area contributed by atoms with Crippen LogP contribution in [-0.2, 0) is 6.61 Å². The number of benzene rings is 2. The van der Waals surface area contributed by atoms with Crippen molar-refractivity contribution in [2.45, 2.75) is 6.61 Å². The number of carbonyl (C=O) groups is 1. The standard InChI is InChI=1S/C21H17Cl2N3O4/c1-29-19-9-13(10-25-26-20-8-6-14(11-24-20)21(27)28)5-7-18(19)30-12-15-16(22)3-2-4-17(15)23/h2-11H,12H2,1H3,(H,24,26)(H,27,28)/b25-10+. The Morgan fingerprint density at radius 2 is 1.93 bits per heavy atom. The highest BCUT2D eigenvalue weighted by molar-refractivity contribution is 6.35. The summed E-state index contributed by atoms with van der Waals surface area (Å²) < 4.78 is 11.2. The highest BCUT2D eigenvalue weighted by atomic mass is 35.5. The fourth-order valence-electron chi connectivity index (χ4n) is 2.46. The molecule has 7 nitrogen and oxygen atoms in total. The maximum absolute atomic E-state index is 10.8. The Balaban J connectivity index is 1.66. The van der Waals surface area contributed by atoms with Gasteiger partial charge in [0, 0.05) is 21.8 Å². The number of carboxylic acids is 1. The quantitative estimate of drug-likeness (QED) is 0.369. The molecule has 0 bridgehead atoms. The first-order valence-corrected chi connectivity index (χ1v) is 9.45. The van der Waals surface area contributed by atoms with Gasteiger partial charge < -0.3 is 14.6 Å². The third-order valence-electron chi connectivity index (χ3n) is 4.02. The third kappa shape index (κ3) is 5.40. The molecule has 2 N–H and O–H groups in total. The minimum atomic E-state index is -1.04.